The maximum absolute atomic E-state index is 13.2. The number of ether oxygens (including phenoxy) is 4. The predicted octanol–water partition coefficient (Wildman–Crippen LogP) is 1.45. The number of aliphatic hydroxyl groups is 2. The average molecular weight is 988 g/mol. The molecule has 0 radical (unpaired) electrons. The lowest BCUT2D eigenvalue weighted by Gasteiger charge is -2.63. The summed E-state index contributed by atoms with van der Waals surface area (Å²) in [5, 5.41) is 59.5. The fourth-order valence-electron chi connectivity index (χ4n) is 15.1. The number of likely N-dealkylation sites (N-methyl/N-ethyl adjacent to an activating group) is 1. The van der Waals surface area contributed by atoms with Gasteiger partial charge in [-0.3, -0.25) is 24.1 Å². The Kier molecular flexibility index (Phi) is 10.5. The number of hydrogen-bond acceptors (Lipinski definition) is 14. The van der Waals surface area contributed by atoms with E-state index in [1.54, 1.807) is 18.2 Å². The fraction of sp³-hybridized carbons (Fsp3) is 0.547. The van der Waals surface area contributed by atoms with Gasteiger partial charge in [-0.25, -0.2) is 0 Å². The van der Waals surface area contributed by atoms with Gasteiger partial charge in [-0.1, -0.05) is 24.3 Å². The Morgan fingerprint density at radius 1 is 0.750 bits per heavy atom. The van der Waals surface area contributed by atoms with E-state index in [0.29, 0.717) is 73.6 Å². The minimum Gasteiger partial charge on any atom is -0.504 e. The quantitative estimate of drug-likeness (QED) is 0.0765. The Morgan fingerprint density at radius 3 is 2.12 bits per heavy atom. The molecule has 5 aliphatic carbocycles. The maximum atomic E-state index is 13.2. The van der Waals surface area contributed by atoms with Crippen molar-refractivity contribution in [2.24, 2.45) is 5.92 Å². The number of para-hydroxylation sites is 1. The van der Waals surface area contributed by atoms with Crippen molar-refractivity contribution in [3.63, 3.8) is 0 Å². The van der Waals surface area contributed by atoms with Gasteiger partial charge in [0.05, 0.1) is 45.0 Å². The number of amides is 4. The molecular formula is C53H61N7O12. The molecule has 4 aromatic rings. The lowest BCUT2D eigenvalue weighted by Crippen LogP contribution is -2.77. The number of anilines is 1. The lowest BCUT2D eigenvalue weighted by molar-refractivity contribution is -0.187. The van der Waals surface area contributed by atoms with Crippen LogP contribution in [0.2, 0.25) is 0 Å². The Balaban J connectivity index is 0.569. The molecule has 13 rings (SSSR count). The molecule has 4 aliphatic heterocycles. The Labute approximate surface area is 414 Å². The van der Waals surface area contributed by atoms with Gasteiger partial charge < -0.3 is 70.5 Å². The third-order valence-corrected chi connectivity index (χ3v) is 18.2. The summed E-state index contributed by atoms with van der Waals surface area (Å²) >= 11 is 0. The van der Waals surface area contributed by atoms with Crippen molar-refractivity contribution in [1.82, 2.24) is 30.7 Å². The molecule has 9 atom stereocenters. The van der Waals surface area contributed by atoms with Gasteiger partial charge >= 0.3 is 0 Å². The smallest absolute Gasteiger partial charge is 0.250 e. The second-order valence-corrected chi connectivity index (χ2v) is 22.0. The number of aromatic amines is 1. The third-order valence-electron chi connectivity index (χ3n) is 18.2. The molecule has 1 aromatic heterocycles. The first kappa shape index (κ1) is 45.9. The van der Waals surface area contributed by atoms with E-state index >= 15 is 0 Å². The Hall–Kier alpha value is -5.96. The maximum Gasteiger partial charge on any atom is 0.250 e. The summed E-state index contributed by atoms with van der Waals surface area (Å²) in [4.78, 5) is 59.8. The molecule has 19 heteroatoms. The predicted molar refractivity (Wildman–Crippen MR) is 258 cm³/mol. The molecule has 19 nitrogen and oxygen atoms in total. The summed E-state index contributed by atoms with van der Waals surface area (Å²) in [5.74, 6) is -0.280. The van der Waals surface area contributed by atoms with E-state index in [1.165, 1.54) is 12.8 Å². The van der Waals surface area contributed by atoms with Crippen molar-refractivity contribution in [2.45, 2.75) is 110 Å². The minimum absolute atomic E-state index is 0.0202. The number of rotatable bonds is 15. The highest BCUT2D eigenvalue weighted by Crippen LogP contribution is 2.70. The summed E-state index contributed by atoms with van der Waals surface area (Å²) < 4.78 is 24.1. The van der Waals surface area contributed by atoms with E-state index in [0.717, 1.165) is 58.5 Å². The molecule has 4 fully saturated rings. The molecule has 9 aliphatic rings. The number of benzene rings is 3. The molecular weight excluding hydrogens is 927 g/mol. The van der Waals surface area contributed by atoms with Crippen molar-refractivity contribution in [1.29, 1.82) is 0 Å². The summed E-state index contributed by atoms with van der Waals surface area (Å²) in [6, 6.07) is 12.2. The molecule has 2 saturated carbocycles. The topological polar surface area (TPSA) is 257 Å². The van der Waals surface area contributed by atoms with Crippen molar-refractivity contribution >= 4 is 40.2 Å². The van der Waals surface area contributed by atoms with Crippen LogP contribution >= 0.6 is 0 Å². The van der Waals surface area contributed by atoms with Crippen LogP contribution in [0.15, 0.2) is 42.5 Å². The Morgan fingerprint density at radius 2 is 1.40 bits per heavy atom. The normalized spacial score (nSPS) is 31.9. The van der Waals surface area contributed by atoms with Gasteiger partial charge in [-0.15, -0.1) is 0 Å². The molecule has 4 bridgehead atoms. The molecule has 3 aromatic carbocycles. The standard InChI is InChI=1S/C53H61N7O12/c1-59-17-13-50-42-28-7-9-34(61)46(42)71-48(50)33(11-12-52(50,67)36(59)19-28)57-41(66)26-70-24-39(64)55-16-15-54-38(63)23-69-25-40(65)56-32-4-2-3-30-31-21-53(68)37-20-29-8-10-35(62)47-43(29)51(53,14-18-60(37)22-27-5-6-27)49(72-47)45(31)58-44(30)32/h2-4,7-10,27,33,36-37,48-49,58,61-62,67-68H,5-6,11-26H2,1H3,(H,54,63)(H,55,64)(H,56,65)(H,57,66)/t33-,36+,37+,48-,49-,50-,51-,52+,53+/m0/s1. The highest BCUT2D eigenvalue weighted by atomic mass is 16.5. The van der Waals surface area contributed by atoms with Crippen LogP contribution in [0.4, 0.5) is 5.69 Å². The molecule has 5 heterocycles. The van der Waals surface area contributed by atoms with Crippen LogP contribution in [0.25, 0.3) is 10.9 Å². The summed E-state index contributed by atoms with van der Waals surface area (Å²) in [5.41, 5.74) is 3.17. The minimum atomic E-state index is -1.15. The highest BCUT2D eigenvalue weighted by molar-refractivity contribution is 6.03. The first-order chi connectivity index (χ1) is 34.7. The van der Waals surface area contributed by atoms with E-state index in [9.17, 15) is 39.6 Å². The van der Waals surface area contributed by atoms with E-state index in [4.69, 9.17) is 18.9 Å². The molecule has 2 saturated heterocycles. The molecule has 0 unspecified atom stereocenters. The largest absolute Gasteiger partial charge is 0.504 e. The number of phenols is 2. The van der Waals surface area contributed by atoms with E-state index in [2.05, 4.69) is 36.1 Å². The van der Waals surface area contributed by atoms with Crippen molar-refractivity contribution in [2.75, 3.05) is 71.5 Å². The number of fused-ring (bicyclic) bond motifs is 4. The van der Waals surface area contributed by atoms with Crippen LogP contribution in [0.3, 0.4) is 0 Å². The number of aromatic nitrogens is 1. The van der Waals surface area contributed by atoms with Gasteiger partial charge in [-0.05, 0) is 112 Å². The summed E-state index contributed by atoms with van der Waals surface area (Å²) in [6.45, 7) is 1.14. The number of piperidine rings is 2. The molecule has 9 N–H and O–H groups in total. The number of carbonyl (C=O) groups is 4. The fourth-order valence-corrected chi connectivity index (χ4v) is 15.1. The van der Waals surface area contributed by atoms with Gasteiger partial charge in [0.2, 0.25) is 23.6 Å². The van der Waals surface area contributed by atoms with Gasteiger partial charge in [0.15, 0.2) is 29.1 Å². The van der Waals surface area contributed by atoms with Crippen LogP contribution in [-0.4, -0.2) is 160 Å². The number of nitrogens with zero attached hydrogens (tertiary/aromatic N) is 2. The molecule has 2 spiro atoms. The number of likely N-dealkylation sites (tertiary alicyclic amines) is 2. The van der Waals surface area contributed by atoms with Gasteiger partial charge in [0.25, 0.3) is 0 Å². The van der Waals surface area contributed by atoms with Gasteiger partial charge in [0, 0.05) is 54.7 Å². The number of H-pyrrole nitrogens is 1. The second kappa shape index (κ2) is 16.5. The van der Waals surface area contributed by atoms with Crippen molar-refractivity contribution in [3.05, 3.63) is 76.0 Å². The number of carbonyl (C=O) groups excluding carboxylic acids is 4. The summed E-state index contributed by atoms with van der Waals surface area (Å²) in [6.07, 6.45) is 5.23. The van der Waals surface area contributed by atoms with E-state index in [-0.39, 0.29) is 49.9 Å². The van der Waals surface area contributed by atoms with Crippen molar-refractivity contribution in [3.8, 4) is 23.0 Å². The number of phenolic OH excluding ortho intramolecular Hbond substituents is 2. The first-order valence-electron chi connectivity index (χ1n) is 25.6. The molecule has 380 valence electrons. The van der Waals surface area contributed by atoms with Crippen molar-refractivity contribution < 1.29 is 58.6 Å². The zero-order valence-electron chi connectivity index (χ0n) is 40.2. The van der Waals surface area contributed by atoms with Crippen LogP contribution < -0.4 is 30.7 Å². The molecule has 72 heavy (non-hydrogen) atoms. The zero-order valence-corrected chi connectivity index (χ0v) is 40.2. The van der Waals surface area contributed by atoms with Crippen LogP contribution in [0, 0.1) is 5.92 Å². The second-order valence-electron chi connectivity index (χ2n) is 22.0. The van der Waals surface area contributed by atoms with Crippen LogP contribution in [0.5, 0.6) is 23.0 Å². The van der Waals surface area contributed by atoms with Crippen LogP contribution in [-0.2, 0) is 58.7 Å². The van der Waals surface area contributed by atoms with E-state index in [1.807, 2.05) is 31.3 Å². The molecule has 4 amide bonds. The lowest BCUT2D eigenvalue weighted by atomic mass is 9.48. The number of nitrogens with one attached hydrogen (secondary N) is 5. The SMILES string of the molecule is CN1CC[C@]23c4c5ccc(O)c4O[C@H]2[C@@H](NC(=O)COCC(=O)NCCNC(=O)COCC(=O)Nc2cccc4c6c([nH]c24)[C@@H]2Oc4c(O)ccc7c4[C@@]24CCN(CC2CC2)[C@H](C7)[C@]4(O)C6)CC[C@@]3(O)[C@H]1C5. The number of aromatic hydroxyl groups is 2. The monoisotopic (exact) mass is 987 g/mol. The first-order valence-corrected chi connectivity index (χ1v) is 25.6. The zero-order chi connectivity index (χ0) is 49.5. The summed E-state index contributed by atoms with van der Waals surface area (Å²) in [7, 11) is 2.03. The van der Waals surface area contributed by atoms with Gasteiger partial charge in [-0.2, -0.15) is 0 Å². The highest BCUT2D eigenvalue weighted by Gasteiger charge is 2.74. The van der Waals surface area contributed by atoms with Gasteiger partial charge in [0.1, 0.15) is 32.5 Å². The Bertz CT molecular complexity index is 2960. The number of hydrogen-bond donors (Lipinski definition) is 9. The van der Waals surface area contributed by atoms with E-state index < -0.39 is 77.1 Å². The average Bonchev–Trinajstić information content (AvgIpc) is 3.82. The third kappa shape index (κ3) is 6.56. The van der Waals surface area contributed by atoms with Crippen LogP contribution in [0.1, 0.15) is 78.1 Å².